The van der Waals surface area contributed by atoms with Crippen LogP contribution in [-0.4, -0.2) is 21.0 Å². The average Bonchev–Trinajstić information content (AvgIpc) is 3.37. The molecule has 0 spiro atoms. The fraction of sp³-hybridized carbons (Fsp3) is 0.294. The van der Waals surface area contributed by atoms with E-state index in [4.69, 9.17) is 4.52 Å². The van der Waals surface area contributed by atoms with Crippen LogP contribution in [0.3, 0.4) is 0 Å². The van der Waals surface area contributed by atoms with Crippen molar-refractivity contribution in [3.63, 3.8) is 0 Å². The van der Waals surface area contributed by atoms with E-state index in [0.29, 0.717) is 34.8 Å². The molecule has 0 atom stereocenters. The van der Waals surface area contributed by atoms with Crippen LogP contribution in [0.4, 0.5) is 0 Å². The predicted molar refractivity (Wildman–Crippen MR) is 83.9 cm³/mol. The average molecular weight is 308 g/mol. The number of fused-ring (bicyclic) bond motifs is 1. The highest BCUT2D eigenvalue weighted by molar-refractivity contribution is 6.06. The minimum absolute atomic E-state index is 0.137. The van der Waals surface area contributed by atoms with Crippen LogP contribution in [0.2, 0.25) is 0 Å². The Morgan fingerprint density at radius 1 is 1.35 bits per heavy atom. The van der Waals surface area contributed by atoms with Crippen molar-refractivity contribution in [2.75, 3.05) is 0 Å². The summed E-state index contributed by atoms with van der Waals surface area (Å²) in [4.78, 5) is 21.1. The molecule has 1 N–H and O–H groups in total. The van der Waals surface area contributed by atoms with Gasteiger partial charge in [-0.25, -0.2) is 4.98 Å². The molecule has 0 aromatic carbocycles. The number of aromatic nitrogens is 3. The molecule has 1 amide bonds. The van der Waals surface area contributed by atoms with E-state index < -0.39 is 0 Å². The van der Waals surface area contributed by atoms with Crippen molar-refractivity contribution in [3.8, 4) is 0 Å². The first-order valence-electron chi connectivity index (χ1n) is 7.66. The number of nitrogens with one attached hydrogen (secondary N) is 1. The van der Waals surface area contributed by atoms with E-state index in [1.807, 2.05) is 25.1 Å². The number of nitrogens with zero attached hydrogens (tertiary/aromatic N) is 3. The summed E-state index contributed by atoms with van der Waals surface area (Å²) in [5.41, 5.74) is 3.64. The zero-order chi connectivity index (χ0) is 15.8. The van der Waals surface area contributed by atoms with Crippen LogP contribution in [0, 0.1) is 6.92 Å². The summed E-state index contributed by atoms with van der Waals surface area (Å²) >= 11 is 0. The zero-order valence-corrected chi connectivity index (χ0v) is 12.7. The maximum atomic E-state index is 12.7. The molecule has 1 fully saturated rings. The summed E-state index contributed by atoms with van der Waals surface area (Å²) in [6.45, 7) is 2.28. The van der Waals surface area contributed by atoms with Crippen LogP contribution < -0.4 is 5.32 Å². The molecule has 0 unspecified atom stereocenters. The number of hydrogen-bond donors (Lipinski definition) is 1. The quantitative estimate of drug-likeness (QED) is 0.801. The molecule has 6 heteroatoms. The first-order valence-corrected chi connectivity index (χ1v) is 7.66. The largest absolute Gasteiger partial charge is 0.348 e. The Balaban J connectivity index is 1.66. The van der Waals surface area contributed by atoms with Crippen molar-refractivity contribution >= 4 is 17.0 Å². The van der Waals surface area contributed by atoms with Crippen molar-refractivity contribution in [3.05, 3.63) is 53.1 Å². The lowest BCUT2D eigenvalue weighted by Gasteiger charge is -2.08. The molecule has 0 bridgehead atoms. The summed E-state index contributed by atoms with van der Waals surface area (Å²) in [6, 6.07) is 5.64. The molecular formula is C17H16N4O2. The summed E-state index contributed by atoms with van der Waals surface area (Å²) in [5.74, 6) is 0.305. The van der Waals surface area contributed by atoms with Gasteiger partial charge in [-0.15, -0.1) is 0 Å². The monoisotopic (exact) mass is 308 g/mol. The number of aryl methyl sites for hydroxylation is 1. The molecule has 1 saturated carbocycles. The van der Waals surface area contributed by atoms with Gasteiger partial charge in [-0.1, -0.05) is 5.16 Å². The van der Waals surface area contributed by atoms with Crippen LogP contribution in [0.1, 0.15) is 46.1 Å². The molecule has 3 aromatic rings. The van der Waals surface area contributed by atoms with Crippen LogP contribution in [0.15, 0.2) is 35.1 Å². The fourth-order valence-electron chi connectivity index (χ4n) is 2.66. The van der Waals surface area contributed by atoms with Crippen LogP contribution >= 0.6 is 0 Å². The number of carbonyl (C=O) groups excluding carboxylic acids is 1. The third-order valence-corrected chi connectivity index (χ3v) is 4.08. The minimum atomic E-state index is -0.137. The first kappa shape index (κ1) is 13.9. The molecule has 3 aromatic heterocycles. The maximum Gasteiger partial charge on any atom is 0.259 e. The molecule has 23 heavy (non-hydrogen) atoms. The van der Waals surface area contributed by atoms with E-state index in [1.165, 1.54) is 0 Å². The topological polar surface area (TPSA) is 80.9 Å². The van der Waals surface area contributed by atoms with Gasteiger partial charge in [0.2, 0.25) is 0 Å². The highest BCUT2D eigenvalue weighted by atomic mass is 16.5. The van der Waals surface area contributed by atoms with E-state index in [0.717, 1.165) is 24.1 Å². The summed E-state index contributed by atoms with van der Waals surface area (Å²) < 4.78 is 5.27. The lowest BCUT2D eigenvalue weighted by Crippen LogP contribution is -2.23. The van der Waals surface area contributed by atoms with Crippen LogP contribution in [0.5, 0.6) is 0 Å². The Bertz CT molecular complexity index is 869. The molecule has 6 nitrogen and oxygen atoms in total. The molecule has 3 heterocycles. The Morgan fingerprint density at radius 3 is 2.87 bits per heavy atom. The number of amides is 1. The van der Waals surface area contributed by atoms with Gasteiger partial charge in [0.15, 0.2) is 0 Å². The Morgan fingerprint density at radius 2 is 2.13 bits per heavy atom. The molecular weight excluding hydrogens is 292 g/mol. The van der Waals surface area contributed by atoms with Crippen molar-refractivity contribution in [2.24, 2.45) is 0 Å². The van der Waals surface area contributed by atoms with Gasteiger partial charge in [-0.2, -0.15) is 0 Å². The van der Waals surface area contributed by atoms with E-state index >= 15 is 0 Å². The third kappa shape index (κ3) is 2.67. The van der Waals surface area contributed by atoms with Crippen LogP contribution in [0.25, 0.3) is 11.1 Å². The van der Waals surface area contributed by atoms with Crippen molar-refractivity contribution < 1.29 is 9.32 Å². The minimum Gasteiger partial charge on any atom is -0.348 e. The number of rotatable bonds is 4. The summed E-state index contributed by atoms with van der Waals surface area (Å²) in [5, 5.41) is 7.60. The molecule has 116 valence electrons. The van der Waals surface area contributed by atoms with Gasteiger partial charge >= 0.3 is 0 Å². The standard InChI is InChI=1S/C17H16N4O2/c1-10-15-13(16(22)19-9-11-4-6-18-7-5-11)8-14(12-2-3-12)20-17(15)23-21-10/h4-8,12H,2-3,9H2,1H3,(H,19,22). The number of carbonyl (C=O) groups is 1. The lowest BCUT2D eigenvalue weighted by molar-refractivity contribution is 0.0952. The van der Waals surface area contributed by atoms with Gasteiger partial charge in [0.25, 0.3) is 11.6 Å². The van der Waals surface area contributed by atoms with Gasteiger partial charge in [0, 0.05) is 30.6 Å². The second-order valence-corrected chi connectivity index (χ2v) is 5.86. The summed E-state index contributed by atoms with van der Waals surface area (Å²) in [6.07, 6.45) is 5.65. The van der Waals surface area contributed by atoms with Gasteiger partial charge in [-0.05, 0) is 43.5 Å². The van der Waals surface area contributed by atoms with Gasteiger partial charge < -0.3 is 9.84 Å². The Labute approximate surface area is 132 Å². The molecule has 0 saturated heterocycles. The third-order valence-electron chi connectivity index (χ3n) is 4.08. The Kier molecular flexibility index (Phi) is 3.29. The van der Waals surface area contributed by atoms with E-state index in [-0.39, 0.29) is 5.91 Å². The highest BCUT2D eigenvalue weighted by Gasteiger charge is 2.28. The fourth-order valence-corrected chi connectivity index (χ4v) is 2.66. The smallest absolute Gasteiger partial charge is 0.259 e. The molecule has 4 rings (SSSR count). The second-order valence-electron chi connectivity index (χ2n) is 5.86. The Hall–Kier alpha value is -2.76. The molecule has 0 radical (unpaired) electrons. The van der Waals surface area contributed by atoms with Gasteiger partial charge in [-0.3, -0.25) is 9.78 Å². The zero-order valence-electron chi connectivity index (χ0n) is 12.7. The normalized spacial score (nSPS) is 14.1. The van der Waals surface area contributed by atoms with E-state index in [1.54, 1.807) is 12.4 Å². The predicted octanol–water partition coefficient (Wildman–Crippen LogP) is 2.73. The van der Waals surface area contributed by atoms with Crippen LogP contribution in [-0.2, 0) is 6.54 Å². The van der Waals surface area contributed by atoms with Crippen molar-refractivity contribution in [1.82, 2.24) is 20.4 Å². The van der Waals surface area contributed by atoms with Crippen molar-refractivity contribution in [2.45, 2.75) is 32.2 Å². The van der Waals surface area contributed by atoms with E-state index in [2.05, 4.69) is 20.4 Å². The van der Waals surface area contributed by atoms with Gasteiger partial charge in [0.1, 0.15) is 0 Å². The SMILES string of the molecule is Cc1noc2nc(C3CC3)cc(C(=O)NCc3ccncc3)c12. The second kappa shape index (κ2) is 5.46. The number of pyridine rings is 2. The molecule has 1 aliphatic rings. The van der Waals surface area contributed by atoms with E-state index in [9.17, 15) is 4.79 Å². The summed E-state index contributed by atoms with van der Waals surface area (Å²) in [7, 11) is 0. The lowest BCUT2D eigenvalue weighted by atomic mass is 10.1. The number of hydrogen-bond acceptors (Lipinski definition) is 5. The highest BCUT2D eigenvalue weighted by Crippen LogP contribution is 2.40. The molecule has 1 aliphatic carbocycles. The van der Waals surface area contributed by atoms with Crippen molar-refractivity contribution in [1.29, 1.82) is 0 Å². The van der Waals surface area contributed by atoms with Gasteiger partial charge in [0.05, 0.1) is 16.6 Å². The molecule has 0 aliphatic heterocycles. The first-order chi connectivity index (χ1) is 11.2. The maximum absolute atomic E-state index is 12.7.